The Kier molecular flexibility index (Phi) is 4.94. The lowest BCUT2D eigenvalue weighted by Crippen LogP contribution is -2.17. The molecule has 0 aliphatic carbocycles. The zero-order valence-electron chi connectivity index (χ0n) is 15.4. The Morgan fingerprint density at radius 3 is 2.70 bits per heavy atom. The van der Waals surface area contributed by atoms with E-state index in [0.717, 1.165) is 42.0 Å². The summed E-state index contributed by atoms with van der Waals surface area (Å²) < 4.78 is 14.7. The second-order valence-electron chi connectivity index (χ2n) is 7.20. The lowest BCUT2D eigenvalue weighted by atomic mass is 9.85. The van der Waals surface area contributed by atoms with Gasteiger partial charge in [-0.05, 0) is 67.9 Å². The van der Waals surface area contributed by atoms with Gasteiger partial charge >= 0.3 is 0 Å². The molecule has 0 bridgehead atoms. The number of benzene rings is 2. The second kappa shape index (κ2) is 7.37. The van der Waals surface area contributed by atoms with Gasteiger partial charge in [-0.1, -0.05) is 35.9 Å². The molecule has 1 aromatic heterocycles. The topological polar surface area (TPSA) is 29.0 Å². The SMILES string of the molecule is Cc1ccc(-c2ccc3c(c2)CN(C)CCC3c2cccc(Cl)c2F)nn1. The molecule has 2 aromatic carbocycles. The van der Waals surface area contributed by atoms with Crippen LogP contribution in [0.1, 0.15) is 34.7 Å². The first kappa shape index (κ1) is 18.1. The number of nitrogens with zero attached hydrogens (tertiary/aromatic N) is 3. The zero-order chi connectivity index (χ0) is 19.0. The lowest BCUT2D eigenvalue weighted by molar-refractivity contribution is 0.328. The second-order valence-corrected chi connectivity index (χ2v) is 7.60. The first-order chi connectivity index (χ1) is 13.0. The molecule has 0 saturated heterocycles. The Morgan fingerprint density at radius 1 is 1.07 bits per heavy atom. The largest absolute Gasteiger partial charge is 0.302 e. The van der Waals surface area contributed by atoms with Gasteiger partial charge in [0.2, 0.25) is 0 Å². The normalized spacial score (nSPS) is 17.4. The third kappa shape index (κ3) is 3.60. The Hall–Kier alpha value is -2.30. The molecule has 1 aliphatic heterocycles. The molecule has 138 valence electrons. The number of hydrogen-bond donors (Lipinski definition) is 0. The van der Waals surface area contributed by atoms with Crippen molar-refractivity contribution in [2.24, 2.45) is 0 Å². The van der Waals surface area contributed by atoms with E-state index in [0.29, 0.717) is 5.56 Å². The highest BCUT2D eigenvalue weighted by Crippen LogP contribution is 2.37. The smallest absolute Gasteiger partial charge is 0.145 e. The van der Waals surface area contributed by atoms with E-state index in [1.165, 1.54) is 5.56 Å². The van der Waals surface area contributed by atoms with E-state index in [2.05, 4.69) is 40.3 Å². The zero-order valence-corrected chi connectivity index (χ0v) is 16.2. The van der Waals surface area contributed by atoms with Gasteiger partial charge in [-0.15, -0.1) is 0 Å². The van der Waals surface area contributed by atoms with Crippen LogP contribution in [0.3, 0.4) is 0 Å². The number of aromatic nitrogens is 2. The maximum Gasteiger partial charge on any atom is 0.145 e. The third-order valence-corrected chi connectivity index (χ3v) is 5.50. The van der Waals surface area contributed by atoms with Gasteiger partial charge in [0.05, 0.1) is 16.4 Å². The van der Waals surface area contributed by atoms with Gasteiger partial charge in [-0.3, -0.25) is 0 Å². The van der Waals surface area contributed by atoms with Crippen molar-refractivity contribution in [2.75, 3.05) is 13.6 Å². The summed E-state index contributed by atoms with van der Waals surface area (Å²) in [7, 11) is 2.10. The van der Waals surface area contributed by atoms with Crippen LogP contribution >= 0.6 is 11.6 Å². The van der Waals surface area contributed by atoms with Crippen molar-refractivity contribution in [1.82, 2.24) is 15.1 Å². The highest BCUT2D eigenvalue weighted by Gasteiger charge is 2.25. The van der Waals surface area contributed by atoms with Crippen molar-refractivity contribution in [3.8, 4) is 11.3 Å². The number of rotatable bonds is 2. The molecule has 27 heavy (non-hydrogen) atoms. The van der Waals surface area contributed by atoms with Crippen molar-refractivity contribution in [3.05, 3.63) is 81.8 Å². The average molecular weight is 382 g/mol. The summed E-state index contributed by atoms with van der Waals surface area (Å²) in [4.78, 5) is 2.27. The molecular weight excluding hydrogens is 361 g/mol. The Bertz CT molecular complexity index is 972. The third-order valence-electron chi connectivity index (χ3n) is 5.21. The molecule has 1 atom stereocenters. The van der Waals surface area contributed by atoms with Crippen LogP contribution in [0.2, 0.25) is 5.02 Å². The molecule has 5 heteroatoms. The molecule has 2 heterocycles. The van der Waals surface area contributed by atoms with Gasteiger partial charge in [0.1, 0.15) is 5.82 Å². The minimum Gasteiger partial charge on any atom is -0.302 e. The number of fused-ring (bicyclic) bond motifs is 1. The fourth-order valence-electron chi connectivity index (χ4n) is 3.78. The highest BCUT2D eigenvalue weighted by molar-refractivity contribution is 6.30. The molecule has 0 spiro atoms. The van der Waals surface area contributed by atoms with Crippen LogP contribution in [0, 0.1) is 12.7 Å². The van der Waals surface area contributed by atoms with E-state index in [9.17, 15) is 4.39 Å². The van der Waals surface area contributed by atoms with E-state index >= 15 is 0 Å². The summed E-state index contributed by atoms with van der Waals surface area (Å²) in [5, 5.41) is 8.64. The van der Waals surface area contributed by atoms with Gasteiger partial charge in [0.15, 0.2) is 0 Å². The summed E-state index contributed by atoms with van der Waals surface area (Å²) in [5.74, 6) is -0.324. The summed E-state index contributed by atoms with van der Waals surface area (Å²) in [6.45, 7) is 3.64. The molecule has 1 unspecified atom stereocenters. The molecule has 0 N–H and O–H groups in total. The summed E-state index contributed by atoms with van der Waals surface area (Å²) in [6, 6.07) is 15.5. The number of halogens is 2. The van der Waals surface area contributed by atoms with E-state index in [1.807, 2.05) is 31.2 Å². The molecule has 0 saturated carbocycles. The van der Waals surface area contributed by atoms with Gasteiger partial charge in [-0.2, -0.15) is 10.2 Å². The maximum absolute atomic E-state index is 14.7. The molecule has 0 fully saturated rings. The maximum atomic E-state index is 14.7. The highest BCUT2D eigenvalue weighted by atomic mass is 35.5. The molecule has 4 rings (SSSR count). The Morgan fingerprint density at radius 2 is 1.93 bits per heavy atom. The van der Waals surface area contributed by atoms with Crippen LogP contribution < -0.4 is 0 Å². The fourth-order valence-corrected chi connectivity index (χ4v) is 3.96. The molecule has 3 aromatic rings. The molecule has 1 aliphatic rings. The van der Waals surface area contributed by atoms with Crippen LogP contribution in [0.25, 0.3) is 11.3 Å². The number of hydrogen-bond acceptors (Lipinski definition) is 3. The van der Waals surface area contributed by atoms with Crippen LogP contribution in [0.4, 0.5) is 4.39 Å². The van der Waals surface area contributed by atoms with E-state index in [4.69, 9.17) is 11.6 Å². The Balaban J connectivity index is 1.80. The minimum absolute atomic E-state index is 0.0122. The average Bonchev–Trinajstić information content (AvgIpc) is 2.82. The summed E-state index contributed by atoms with van der Waals surface area (Å²) in [5.41, 5.74) is 5.79. The van der Waals surface area contributed by atoms with Crippen molar-refractivity contribution < 1.29 is 4.39 Å². The minimum atomic E-state index is -0.312. The van der Waals surface area contributed by atoms with Crippen molar-refractivity contribution in [3.63, 3.8) is 0 Å². The summed E-state index contributed by atoms with van der Waals surface area (Å²) >= 11 is 6.05. The first-order valence-electron chi connectivity index (χ1n) is 9.09. The molecular formula is C22H21ClFN3. The Labute approximate surface area is 163 Å². The van der Waals surface area contributed by atoms with Gasteiger partial charge in [-0.25, -0.2) is 4.39 Å². The van der Waals surface area contributed by atoms with E-state index in [-0.39, 0.29) is 16.8 Å². The quantitative estimate of drug-likeness (QED) is 0.610. The standard InChI is InChI=1S/C22H21ClFN3/c1-14-6-9-21(26-25-14)15-7-8-17-16(12-15)13-27(2)11-10-18(17)19-4-3-5-20(23)22(19)24/h3-9,12,18H,10-11,13H2,1-2H3. The van der Waals surface area contributed by atoms with Gasteiger partial charge in [0, 0.05) is 18.0 Å². The first-order valence-corrected chi connectivity index (χ1v) is 9.46. The molecule has 0 amide bonds. The van der Waals surface area contributed by atoms with Crippen LogP contribution in [0.5, 0.6) is 0 Å². The predicted molar refractivity (Wildman–Crippen MR) is 106 cm³/mol. The van der Waals surface area contributed by atoms with E-state index in [1.54, 1.807) is 6.07 Å². The molecule has 3 nitrogen and oxygen atoms in total. The fraction of sp³-hybridized carbons (Fsp3) is 0.273. The monoisotopic (exact) mass is 381 g/mol. The number of aryl methyl sites for hydroxylation is 1. The van der Waals surface area contributed by atoms with Crippen molar-refractivity contribution in [2.45, 2.75) is 25.8 Å². The van der Waals surface area contributed by atoms with Crippen LogP contribution in [-0.2, 0) is 6.54 Å². The van der Waals surface area contributed by atoms with Crippen molar-refractivity contribution in [1.29, 1.82) is 0 Å². The lowest BCUT2D eigenvalue weighted by Gasteiger charge is -2.19. The van der Waals surface area contributed by atoms with Crippen molar-refractivity contribution >= 4 is 11.6 Å². The summed E-state index contributed by atoms with van der Waals surface area (Å²) in [6.07, 6.45) is 0.852. The van der Waals surface area contributed by atoms with E-state index < -0.39 is 0 Å². The van der Waals surface area contributed by atoms with Crippen LogP contribution in [0.15, 0.2) is 48.5 Å². The van der Waals surface area contributed by atoms with Gasteiger partial charge in [0.25, 0.3) is 0 Å². The predicted octanol–water partition coefficient (Wildman–Crippen LogP) is 5.21. The van der Waals surface area contributed by atoms with Crippen LogP contribution in [-0.4, -0.2) is 28.7 Å². The molecule has 0 radical (unpaired) electrons. The van der Waals surface area contributed by atoms with Gasteiger partial charge < -0.3 is 4.90 Å².